The molecule has 0 aliphatic rings. The molecule has 0 aliphatic carbocycles. The molecule has 0 atom stereocenters. The standard InChI is InChI=1S/C66H45NO/c1-2-45-17-11-12-26-57(45)54-25-15-24-50(41-54)46-31-36-55(37-32-46)67(56-38-33-47(34-39-56)53-35-40-58(48-18-5-3-6-19-48)61(42-53)49-20-7-4-8-21-49)63-29-14-13-27-59(63)60-28-16-30-64-66(60)62-43-51-22-9-10-23-52(51)44-65(62)68-64/h2-44H,1H2. The Morgan fingerprint density at radius 1 is 0.324 bits per heavy atom. The van der Waals surface area contributed by atoms with E-state index in [0.717, 1.165) is 88.9 Å². The summed E-state index contributed by atoms with van der Waals surface area (Å²) in [5, 5.41) is 4.57. The number of rotatable bonds is 10. The largest absolute Gasteiger partial charge is 0.456 e. The van der Waals surface area contributed by atoms with Crippen molar-refractivity contribution in [2.24, 2.45) is 0 Å². The van der Waals surface area contributed by atoms with E-state index in [2.05, 4.69) is 266 Å². The predicted octanol–water partition coefficient (Wildman–Crippen LogP) is 18.9. The van der Waals surface area contributed by atoms with E-state index in [4.69, 9.17) is 4.42 Å². The zero-order chi connectivity index (χ0) is 45.4. The molecule has 0 radical (unpaired) electrons. The highest BCUT2D eigenvalue weighted by Crippen LogP contribution is 2.46. The summed E-state index contributed by atoms with van der Waals surface area (Å²) in [5.41, 5.74) is 20.0. The molecular formula is C66H45NO. The Kier molecular flexibility index (Phi) is 10.4. The number of furan rings is 1. The molecule has 11 aromatic carbocycles. The maximum absolute atomic E-state index is 6.60. The van der Waals surface area contributed by atoms with Crippen molar-refractivity contribution in [1.29, 1.82) is 0 Å². The van der Waals surface area contributed by atoms with Crippen LogP contribution in [0, 0.1) is 0 Å². The third-order valence-electron chi connectivity index (χ3n) is 13.3. The number of hydrogen-bond acceptors (Lipinski definition) is 2. The average Bonchev–Trinajstić information content (AvgIpc) is 3.79. The lowest BCUT2D eigenvalue weighted by molar-refractivity contribution is 0.669. The molecule has 0 saturated carbocycles. The van der Waals surface area contributed by atoms with E-state index in [1.807, 2.05) is 6.08 Å². The summed E-state index contributed by atoms with van der Waals surface area (Å²) in [5.74, 6) is 0. The normalized spacial score (nSPS) is 11.3. The Morgan fingerprint density at radius 3 is 1.56 bits per heavy atom. The van der Waals surface area contributed by atoms with Gasteiger partial charge in [-0.1, -0.05) is 207 Å². The lowest BCUT2D eigenvalue weighted by Crippen LogP contribution is -2.11. The van der Waals surface area contributed by atoms with Crippen LogP contribution >= 0.6 is 0 Å². The van der Waals surface area contributed by atoms with Crippen LogP contribution in [0.2, 0.25) is 0 Å². The number of para-hydroxylation sites is 1. The minimum Gasteiger partial charge on any atom is -0.456 e. The molecule has 320 valence electrons. The Labute approximate surface area is 397 Å². The van der Waals surface area contributed by atoms with Crippen molar-refractivity contribution in [3.05, 3.63) is 267 Å². The second-order valence-corrected chi connectivity index (χ2v) is 17.3. The van der Waals surface area contributed by atoms with Gasteiger partial charge in [-0.2, -0.15) is 0 Å². The molecule has 2 nitrogen and oxygen atoms in total. The molecule has 0 N–H and O–H groups in total. The van der Waals surface area contributed by atoms with Gasteiger partial charge in [0.1, 0.15) is 11.2 Å². The van der Waals surface area contributed by atoms with E-state index in [9.17, 15) is 0 Å². The molecule has 2 heteroatoms. The molecule has 12 rings (SSSR count). The van der Waals surface area contributed by atoms with Gasteiger partial charge in [0.15, 0.2) is 0 Å². The quantitative estimate of drug-likeness (QED) is 0.136. The van der Waals surface area contributed by atoms with E-state index in [1.165, 1.54) is 33.2 Å². The number of benzene rings is 11. The molecule has 1 heterocycles. The lowest BCUT2D eigenvalue weighted by Gasteiger charge is -2.28. The maximum Gasteiger partial charge on any atom is 0.136 e. The van der Waals surface area contributed by atoms with Crippen molar-refractivity contribution in [3.8, 4) is 66.8 Å². The van der Waals surface area contributed by atoms with Crippen molar-refractivity contribution in [3.63, 3.8) is 0 Å². The summed E-state index contributed by atoms with van der Waals surface area (Å²) in [6.45, 7) is 4.07. The van der Waals surface area contributed by atoms with Gasteiger partial charge in [-0.3, -0.25) is 0 Å². The monoisotopic (exact) mass is 867 g/mol. The summed E-state index contributed by atoms with van der Waals surface area (Å²) in [4.78, 5) is 2.39. The van der Waals surface area contributed by atoms with Gasteiger partial charge in [0.25, 0.3) is 0 Å². The third-order valence-corrected chi connectivity index (χ3v) is 13.3. The summed E-state index contributed by atoms with van der Waals surface area (Å²) in [6.07, 6.45) is 1.93. The molecule has 0 aliphatic heterocycles. The first-order chi connectivity index (χ1) is 33.7. The molecule has 1 aromatic heterocycles. The average molecular weight is 868 g/mol. The fraction of sp³-hybridized carbons (Fsp3) is 0. The minimum absolute atomic E-state index is 0.869. The van der Waals surface area contributed by atoms with Crippen LogP contribution in [0.5, 0.6) is 0 Å². The fourth-order valence-electron chi connectivity index (χ4n) is 9.92. The van der Waals surface area contributed by atoms with Crippen LogP contribution < -0.4 is 4.90 Å². The first-order valence-electron chi connectivity index (χ1n) is 23.2. The van der Waals surface area contributed by atoms with Crippen LogP contribution in [0.3, 0.4) is 0 Å². The highest BCUT2D eigenvalue weighted by Gasteiger charge is 2.21. The highest BCUT2D eigenvalue weighted by atomic mass is 16.3. The summed E-state index contributed by atoms with van der Waals surface area (Å²) in [6, 6.07) is 91.6. The Morgan fingerprint density at radius 2 is 0.853 bits per heavy atom. The van der Waals surface area contributed by atoms with E-state index < -0.39 is 0 Å². The first kappa shape index (κ1) is 40.5. The van der Waals surface area contributed by atoms with Crippen LogP contribution in [0.25, 0.3) is 106 Å². The highest BCUT2D eigenvalue weighted by molar-refractivity contribution is 6.16. The number of nitrogens with zero attached hydrogens (tertiary/aromatic N) is 1. The second kappa shape index (κ2) is 17.4. The third kappa shape index (κ3) is 7.45. The number of fused-ring (bicyclic) bond motifs is 4. The van der Waals surface area contributed by atoms with Crippen molar-refractivity contribution >= 4 is 55.8 Å². The molecule has 0 unspecified atom stereocenters. The summed E-state index contributed by atoms with van der Waals surface area (Å²) < 4.78 is 6.60. The Hall–Kier alpha value is -8.98. The van der Waals surface area contributed by atoms with Crippen LogP contribution in [-0.2, 0) is 0 Å². The van der Waals surface area contributed by atoms with E-state index in [0.29, 0.717) is 0 Å². The Balaban J connectivity index is 0.990. The first-order valence-corrected chi connectivity index (χ1v) is 23.2. The van der Waals surface area contributed by atoms with Crippen molar-refractivity contribution in [2.75, 3.05) is 4.90 Å². The van der Waals surface area contributed by atoms with E-state index >= 15 is 0 Å². The van der Waals surface area contributed by atoms with E-state index in [1.54, 1.807) is 0 Å². The molecule has 68 heavy (non-hydrogen) atoms. The van der Waals surface area contributed by atoms with Crippen LogP contribution in [0.15, 0.2) is 266 Å². The van der Waals surface area contributed by atoms with Crippen molar-refractivity contribution in [2.45, 2.75) is 0 Å². The van der Waals surface area contributed by atoms with E-state index in [-0.39, 0.29) is 0 Å². The van der Waals surface area contributed by atoms with Gasteiger partial charge in [-0.05, 0) is 138 Å². The second-order valence-electron chi connectivity index (χ2n) is 17.3. The van der Waals surface area contributed by atoms with Gasteiger partial charge < -0.3 is 9.32 Å². The Bertz CT molecular complexity index is 3790. The fourth-order valence-corrected chi connectivity index (χ4v) is 9.92. The van der Waals surface area contributed by atoms with Gasteiger partial charge in [-0.15, -0.1) is 0 Å². The summed E-state index contributed by atoms with van der Waals surface area (Å²) >= 11 is 0. The van der Waals surface area contributed by atoms with Gasteiger partial charge in [0, 0.05) is 27.7 Å². The topological polar surface area (TPSA) is 16.4 Å². The molecule has 0 bridgehead atoms. The maximum atomic E-state index is 6.60. The predicted molar refractivity (Wildman–Crippen MR) is 289 cm³/mol. The molecule has 0 fully saturated rings. The van der Waals surface area contributed by atoms with Crippen LogP contribution in [0.4, 0.5) is 17.1 Å². The molecule has 12 aromatic rings. The van der Waals surface area contributed by atoms with Crippen molar-refractivity contribution < 1.29 is 4.42 Å². The van der Waals surface area contributed by atoms with Gasteiger partial charge >= 0.3 is 0 Å². The molecular weight excluding hydrogens is 823 g/mol. The van der Waals surface area contributed by atoms with Crippen LogP contribution in [-0.4, -0.2) is 0 Å². The van der Waals surface area contributed by atoms with Crippen LogP contribution in [0.1, 0.15) is 5.56 Å². The molecule has 0 spiro atoms. The molecule has 0 saturated heterocycles. The zero-order valence-corrected chi connectivity index (χ0v) is 37.4. The summed E-state index contributed by atoms with van der Waals surface area (Å²) in [7, 11) is 0. The van der Waals surface area contributed by atoms with Gasteiger partial charge in [-0.25, -0.2) is 0 Å². The smallest absolute Gasteiger partial charge is 0.136 e. The zero-order valence-electron chi connectivity index (χ0n) is 37.4. The molecule has 0 amide bonds. The number of anilines is 3. The van der Waals surface area contributed by atoms with Gasteiger partial charge in [0.2, 0.25) is 0 Å². The number of hydrogen-bond donors (Lipinski definition) is 0. The lowest BCUT2D eigenvalue weighted by atomic mass is 9.91. The van der Waals surface area contributed by atoms with Crippen molar-refractivity contribution in [1.82, 2.24) is 0 Å². The van der Waals surface area contributed by atoms with Gasteiger partial charge in [0.05, 0.1) is 5.69 Å². The SMILES string of the molecule is C=Cc1ccccc1-c1cccc(-c2ccc(N(c3ccc(-c4ccc(-c5ccccc5)c(-c5ccccc5)c4)cc3)c3ccccc3-c3cccc4oc5cc6ccccc6cc5c34)cc2)c1. The minimum atomic E-state index is 0.869.